The number of pyridine rings is 1. The van der Waals surface area contributed by atoms with Gasteiger partial charge in [-0.05, 0) is 23.8 Å². The molecule has 2 rings (SSSR count). The van der Waals surface area contributed by atoms with Crippen molar-refractivity contribution >= 4 is 54.4 Å². The maximum Gasteiger partial charge on any atom is 0.0720 e. The number of rotatable bonds is 1. The van der Waals surface area contributed by atoms with Crippen molar-refractivity contribution in [3.05, 3.63) is 39.5 Å². The molecule has 0 bridgehead atoms. The second-order valence-corrected chi connectivity index (χ2v) is 4.71. The number of alkyl halides is 1. The van der Waals surface area contributed by atoms with Crippen molar-refractivity contribution < 1.29 is 0 Å². The molecule has 0 fully saturated rings. The van der Waals surface area contributed by atoms with E-state index in [9.17, 15) is 0 Å². The van der Waals surface area contributed by atoms with Crippen LogP contribution in [0.25, 0.3) is 10.9 Å². The third-order valence-corrected chi connectivity index (χ3v) is 3.67. The van der Waals surface area contributed by atoms with E-state index >= 15 is 0 Å². The van der Waals surface area contributed by atoms with E-state index in [0.717, 1.165) is 25.7 Å². The molecule has 0 aliphatic carbocycles. The van der Waals surface area contributed by atoms with Gasteiger partial charge >= 0.3 is 0 Å². The summed E-state index contributed by atoms with van der Waals surface area (Å²) in [4.78, 5) is 4.27. The van der Waals surface area contributed by atoms with Gasteiger partial charge in [-0.25, -0.2) is 0 Å². The molecule has 0 amide bonds. The molecule has 14 heavy (non-hydrogen) atoms. The van der Waals surface area contributed by atoms with Crippen LogP contribution in [0.3, 0.4) is 0 Å². The summed E-state index contributed by atoms with van der Waals surface area (Å²) >= 11 is 13.0. The standard InChI is InChI=1S/C10H6Br2ClN/c11-5-6-3-10-7(4-8(6)12)9(13)1-2-14-10/h1-4H,5H2. The van der Waals surface area contributed by atoms with Crippen molar-refractivity contribution in [2.75, 3.05) is 0 Å². The summed E-state index contributed by atoms with van der Waals surface area (Å²) in [5.41, 5.74) is 2.10. The highest BCUT2D eigenvalue weighted by Gasteiger charge is 2.04. The van der Waals surface area contributed by atoms with Gasteiger partial charge in [0.15, 0.2) is 0 Å². The number of hydrogen-bond acceptors (Lipinski definition) is 1. The number of fused-ring (bicyclic) bond motifs is 1. The summed E-state index contributed by atoms with van der Waals surface area (Å²) in [6.07, 6.45) is 1.72. The fourth-order valence-corrected chi connectivity index (χ4v) is 2.81. The molecule has 1 aromatic carbocycles. The average Bonchev–Trinajstić information content (AvgIpc) is 2.19. The molecular formula is C10H6Br2ClN. The van der Waals surface area contributed by atoms with Gasteiger partial charge in [-0.1, -0.05) is 43.5 Å². The zero-order valence-electron chi connectivity index (χ0n) is 7.10. The Morgan fingerprint density at radius 1 is 1.36 bits per heavy atom. The van der Waals surface area contributed by atoms with Crippen LogP contribution in [0, 0.1) is 0 Å². The van der Waals surface area contributed by atoms with Crippen LogP contribution in [-0.2, 0) is 5.33 Å². The highest BCUT2D eigenvalue weighted by Crippen LogP contribution is 2.28. The molecular weight excluding hydrogens is 329 g/mol. The SMILES string of the molecule is Clc1ccnc2cc(CBr)c(Br)cc12. The minimum absolute atomic E-state index is 0.733. The van der Waals surface area contributed by atoms with E-state index in [-0.39, 0.29) is 0 Å². The number of halogens is 3. The largest absolute Gasteiger partial charge is 0.256 e. The summed E-state index contributed by atoms with van der Waals surface area (Å²) in [6, 6.07) is 5.82. The van der Waals surface area contributed by atoms with E-state index < -0.39 is 0 Å². The van der Waals surface area contributed by atoms with Gasteiger partial charge < -0.3 is 0 Å². The summed E-state index contributed by atoms with van der Waals surface area (Å²) in [5, 5.41) is 2.51. The predicted molar refractivity (Wildman–Crippen MR) is 67.1 cm³/mol. The topological polar surface area (TPSA) is 12.9 Å². The van der Waals surface area contributed by atoms with Crippen molar-refractivity contribution in [3.63, 3.8) is 0 Å². The molecule has 0 aliphatic heterocycles. The third-order valence-electron chi connectivity index (χ3n) is 2.00. The Labute approximate surface area is 104 Å². The Morgan fingerprint density at radius 3 is 2.86 bits per heavy atom. The Morgan fingerprint density at radius 2 is 2.14 bits per heavy atom. The smallest absolute Gasteiger partial charge is 0.0720 e. The normalized spacial score (nSPS) is 10.8. The Bertz CT molecular complexity index is 485. The maximum atomic E-state index is 6.05. The zero-order chi connectivity index (χ0) is 10.1. The van der Waals surface area contributed by atoms with Crippen LogP contribution in [0.2, 0.25) is 5.02 Å². The highest BCUT2D eigenvalue weighted by molar-refractivity contribution is 9.10. The first-order valence-corrected chi connectivity index (χ1v) is 6.30. The maximum absolute atomic E-state index is 6.05. The molecule has 0 radical (unpaired) electrons. The van der Waals surface area contributed by atoms with Gasteiger partial charge in [0.25, 0.3) is 0 Å². The van der Waals surface area contributed by atoms with Gasteiger partial charge in [0.2, 0.25) is 0 Å². The fourth-order valence-electron chi connectivity index (χ4n) is 1.28. The van der Waals surface area contributed by atoms with Crippen LogP contribution in [0.1, 0.15) is 5.56 Å². The lowest BCUT2D eigenvalue weighted by Crippen LogP contribution is -1.85. The lowest BCUT2D eigenvalue weighted by atomic mass is 10.1. The lowest BCUT2D eigenvalue weighted by Gasteiger charge is -2.04. The van der Waals surface area contributed by atoms with E-state index in [2.05, 4.69) is 36.8 Å². The van der Waals surface area contributed by atoms with Crippen molar-refractivity contribution in [2.24, 2.45) is 0 Å². The number of nitrogens with zero attached hydrogens (tertiary/aromatic N) is 1. The molecule has 0 saturated heterocycles. The molecule has 1 aromatic heterocycles. The second kappa shape index (κ2) is 4.17. The van der Waals surface area contributed by atoms with E-state index in [4.69, 9.17) is 11.6 Å². The van der Waals surface area contributed by atoms with Crippen LogP contribution < -0.4 is 0 Å². The van der Waals surface area contributed by atoms with Crippen molar-refractivity contribution in [3.8, 4) is 0 Å². The quantitative estimate of drug-likeness (QED) is 0.697. The van der Waals surface area contributed by atoms with Gasteiger partial charge in [-0.2, -0.15) is 0 Å². The summed E-state index contributed by atoms with van der Waals surface area (Å²) in [7, 11) is 0. The third kappa shape index (κ3) is 1.81. The van der Waals surface area contributed by atoms with Gasteiger partial charge in [-0.15, -0.1) is 0 Å². The fraction of sp³-hybridized carbons (Fsp3) is 0.100. The minimum Gasteiger partial charge on any atom is -0.256 e. The van der Waals surface area contributed by atoms with E-state index in [1.165, 1.54) is 5.56 Å². The molecule has 4 heteroatoms. The van der Waals surface area contributed by atoms with Crippen LogP contribution in [0.15, 0.2) is 28.9 Å². The molecule has 72 valence electrons. The summed E-state index contributed by atoms with van der Waals surface area (Å²) in [5.74, 6) is 0. The highest BCUT2D eigenvalue weighted by atomic mass is 79.9. The molecule has 0 aliphatic rings. The molecule has 0 unspecified atom stereocenters. The first-order valence-electron chi connectivity index (χ1n) is 4.01. The van der Waals surface area contributed by atoms with Crippen LogP contribution >= 0.6 is 43.5 Å². The Balaban J connectivity index is 2.79. The summed E-state index contributed by atoms with van der Waals surface area (Å²) in [6.45, 7) is 0. The van der Waals surface area contributed by atoms with Gasteiger partial charge in [-0.3, -0.25) is 4.98 Å². The number of hydrogen-bond donors (Lipinski definition) is 0. The minimum atomic E-state index is 0.733. The monoisotopic (exact) mass is 333 g/mol. The second-order valence-electron chi connectivity index (χ2n) is 2.89. The molecule has 0 N–H and O–H groups in total. The lowest BCUT2D eigenvalue weighted by molar-refractivity contribution is 1.36. The van der Waals surface area contributed by atoms with Crippen molar-refractivity contribution in [1.82, 2.24) is 4.98 Å². The van der Waals surface area contributed by atoms with Crippen LogP contribution in [-0.4, -0.2) is 4.98 Å². The molecule has 1 heterocycles. The first kappa shape index (κ1) is 10.4. The number of benzene rings is 1. The Hall–Kier alpha value is -0.120. The summed E-state index contributed by atoms with van der Waals surface area (Å²) < 4.78 is 1.05. The van der Waals surface area contributed by atoms with Gasteiger partial charge in [0, 0.05) is 21.4 Å². The number of aromatic nitrogens is 1. The van der Waals surface area contributed by atoms with Crippen molar-refractivity contribution in [2.45, 2.75) is 5.33 Å². The van der Waals surface area contributed by atoms with E-state index in [1.807, 2.05) is 12.1 Å². The zero-order valence-corrected chi connectivity index (χ0v) is 11.0. The van der Waals surface area contributed by atoms with Gasteiger partial charge in [0.05, 0.1) is 10.5 Å². The Kier molecular flexibility index (Phi) is 3.10. The van der Waals surface area contributed by atoms with E-state index in [0.29, 0.717) is 0 Å². The predicted octanol–water partition coefficient (Wildman–Crippen LogP) is 4.55. The molecule has 0 spiro atoms. The molecule has 1 nitrogen and oxygen atoms in total. The average molecular weight is 335 g/mol. The first-order chi connectivity index (χ1) is 6.72. The van der Waals surface area contributed by atoms with Crippen LogP contribution in [0.5, 0.6) is 0 Å². The van der Waals surface area contributed by atoms with Crippen LogP contribution in [0.4, 0.5) is 0 Å². The van der Waals surface area contributed by atoms with Crippen molar-refractivity contribution in [1.29, 1.82) is 0 Å². The molecule has 0 atom stereocenters. The van der Waals surface area contributed by atoms with E-state index in [1.54, 1.807) is 12.3 Å². The van der Waals surface area contributed by atoms with Gasteiger partial charge in [0.1, 0.15) is 0 Å². The molecule has 0 saturated carbocycles. The molecule has 2 aromatic rings.